The third-order valence-electron chi connectivity index (χ3n) is 3.93. The van der Waals surface area contributed by atoms with Crippen molar-refractivity contribution >= 4 is 28.2 Å². The van der Waals surface area contributed by atoms with Crippen LogP contribution in [-0.2, 0) is 9.47 Å². The summed E-state index contributed by atoms with van der Waals surface area (Å²) in [5.41, 5.74) is 0.0915. The number of ether oxygens (including phenoxy) is 2. The monoisotopic (exact) mass is 334 g/mol. The minimum absolute atomic E-state index is 0.0915. The van der Waals surface area contributed by atoms with E-state index in [0.717, 1.165) is 36.0 Å². The molecule has 5 heteroatoms. The third kappa shape index (κ3) is 6.95. The van der Waals surface area contributed by atoms with E-state index in [1.165, 1.54) is 0 Å². The molecule has 0 amide bonds. The van der Waals surface area contributed by atoms with Crippen molar-refractivity contribution in [1.82, 2.24) is 0 Å². The summed E-state index contributed by atoms with van der Waals surface area (Å²) in [7, 11) is 0. The molecule has 1 saturated heterocycles. The second-order valence-corrected chi connectivity index (χ2v) is 9.08. The molecule has 0 aromatic heterocycles. The zero-order valence-electron chi connectivity index (χ0n) is 14.0. The predicted molar refractivity (Wildman–Crippen MR) is 93.8 cm³/mol. The fraction of sp³-hybridized carbons (Fsp3) is 0.938. The van der Waals surface area contributed by atoms with Crippen LogP contribution in [0.5, 0.6) is 0 Å². The van der Waals surface area contributed by atoms with Gasteiger partial charge in [-0.25, -0.2) is 0 Å². The molecule has 1 aliphatic rings. The van der Waals surface area contributed by atoms with Crippen molar-refractivity contribution in [3.63, 3.8) is 0 Å². The van der Waals surface area contributed by atoms with Crippen molar-refractivity contribution in [3.8, 4) is 0 Å². The Hall–Kier alpha value is 0.320. The van der Waals surface area contributed by atoms with Gasteiger partial charge in [-0.05, 0) is 25.0 Å². The van der Waals surface area contributed by atoms with Gasteiger partial charge in [-0.15, -0.1) is 11.8 Å². The van der Waals surface area contributed by atoms with Gasteiger partial charge in [-0.3, -0.25) is 0 Å². The first kappa shape index (κ1) is 19.4. The molecule has 21 heavy (non-hydrogen) atoms. The highest BCUT2D eigenvalue weighted by molar-refractivity contribution is 8.23. The summed E-state index contributed by atoms with van der Waals surface area (Å²) in [6.07, 6.45) is 1.90. The second kappa shape index (κ2) is 8.25. The Morgan fingerprint density at radius 3 is 2.38 bits per heavy atom. The molecular formula is C16H30O3S2. The number of hydrogen-bond donors (Lipinski definition) is 1. The quantitative estimate of drug-likeness (QED) is 0.712. The standard InChI is InChI=1S/C16H30O3S2/c1-6-21-14(20)9-13(17)12(2)7-8-16(5)18-10-15(3,4)11-19-16/h12-13,17H,6-11H2,1-5H3/t12-,13-/m1/s1. The molecular weight excluding hydrogens is 304 g/mol. The molecule has 1 fully saturated rings. The number of rotatable bonds is 7. The summed E-state index contributed by atoms with van der Waals surface area (Å²) in [5, 5.41) is 10.2. The predicted octanol–water partition coefficient (Wildman–Crippen LogP) is 4.02. The smallest absolute Gasteiger partial charge is 0.165 e. The Kier molecular flexibility index (Phi) is 7.61. The maximum Gasteiger partial charge on any atom is 0.165 e. The van der Waals surface area contributed by atoms with Crippen LogP contribution >= 0.6 is 24.0 Å². The summed E-state index contributed by atoms with van der Waals surface area (Å²) in [6, 6.07) is 0. The second-order valence-electron chi connectivity index (χ2n) is 6.97. The Morgan fingerprint density at radius 2 is 1.86 bits per heavy atom. The lowest BCUT2D eigenvalue weighted by Gasteiger charge is -2.42. The van der Waals surface area contributed by atoms with E-state index < -0.39 is 5.79 Å². The van der Waals surface area contributed by atoms with Crippen molar-refractivity contribution in [2.24, 2.45) is 11.3 Å². The highest BCUT2D eigenvalue weighted by atomic mass is 32.2. The number of thiocarbonyl (C=S) groups is 1. The summed E-state index contributed by atoms with van der Waals surface area (Å²) < 4.78 is 12.7. The molecule has 1 N–H and O–H groups in total. The van der Waals surface area contributed by atoms with E-state index in [-0.39, 0.29) is 17.4 Å². The zero-order chi connectivity index (χ0) is 16.1. The topological polar surface area (TPSA) is 38.7 Å². The highest BCUT2D eigenvalue weighted by Gasteiger charge is 2.37. The van der Waals surface area contributed by atoms with Gasteiger partial charge in [0.05, 0.1) is 23.5 Å². The number of aliphatic hydroxyl groups excluding tert-OH is 1. The van der Waals surface area contributed by atoms with Gasteiger partial charge in [0, 0.05) is 18.3 Å². The molecule has 0 saturated carbocycles. The molecule has 1 aliphatic heterocycles. The van der Waals surface area contributed by atoms with Gasteiger partial charge in [0.15, 0.2) is 5.79 Å². The lowest BCUT2D eigenvalue weighted by Crippen LogP contribution is -2.45. The Morgan fingerprint density at radius 1 is 1.29 bits per heavy atom. The first-order valence-electron chi connectivity index (χ1n) is 7.79. The van der Waals surface area contributed by atoms with Crippen LogP contribution in [0.15, 0.2) is 0 Å². The summed E-state index contributed by atoms with van der Waals surface area (Å²) in [5.74, 6) is 0.650. The van der Waals surface area contributed by atoms with Gasteiger partial charge >= 0.3 is 0 Å². The zero-order valence-corrected chi connectivity index (χ0v) is 15.6. The maximum absolute atomic E-state index is 10.2. The Bertz CT molecular complexity index is 334. The molecule has 124 valence electrons. The van der Waals surface area contributed by atoms with Crippen molar-refractivity contribution < 1.29 is 14.6 Å². The van der Waals surface area contributed by atoms with Crippen LogP contribution in [0.2, 0.25) is 0 Å². The molecule has 2 atom stereocenters. The minimum atomic E-state index is -0.512. The van der Waals surface area contributed by atoms with Crippen LogP contribution in [-0.4, -0.2) is 40.2 Å². The van der Waals surface area contributed by atoms with Crippen LogP contribution in [0.25, 0.3) is 0 Å². The van der Waals surface area contributed by atoms with Crippen molar-refractivity contribution in [2.45, 2.75) is 65.8 Å². The average molecular weight is 335 g/mol. The minimum Gasteiger partial charge on any atom is -0.392 e. The summed E-state index contributed by atoms with van der Waals surface area (Å²) >= 11 is 6.90. The van der Waals surface area contributed by atoms with Gasteiger partial charge in [-0.2, -0.15) is 0 Å². The fourth-order valence-electron chi connectivity index (χ4n) is 2.20. The van der Waals surface area contributed by atoms with E-state index in [1.807, 2.05) is 6.92 Å². The molecule has 0 spiro atoms. The Balaban J connectivity index is 2.35. The number of hydrogen-bond acceptors (Lipinski definition) is 5. The lowest BCUT2D eigenvalue weighted by molar-refractivity contribution is -0.293. The van der Waals surface area contributed by atoms with Crippen LogP contribution < -0.4 is 0 Å². The maximum atomic E-state index is 10.2. The van der Waals surface area contributed by atoms with E-state index in [1.54, 1.807) is 11.8 Å². The molecule has 0 aromatic carbocycles. The van der Waals surface area contributed by atoms with E-state index >= 15 is 0 Å². The van der Waals surface area contributed by atoms with E-state index in [2.05, 4.69) is 27.7 Å². The van der Waals surface area contributed by atoms with Crippen LogP contribution in [0.1, 0.15) is 53.9 Å². The van der Waals surface area contributed by atoms with Crippen molar-refractivity contribution in [3.05, 3.63) is 0 Å². The fourth-order valence-corrected chi connectivity index (χ4v) is 3.33. The molecule has 1 heterocycles. The van der Waals surface area contributed by atoms with E-state index in [0.29, 0.717) is 6.42 Å². The van der Waals surface area contributed by atoms with Crippen molar-refractivity contribution in [2.75, 3.05) is 19.0 Å². The molecule has 3 nitrogen and oxygen atoms in total. The molecule has 0 radical (unpaired) electrons. The number of thioether (sulfide) groups is 1. The largest absolute Gasteiger partial charge is 0.392 e. The van der Waals surface area contributed by atoms with Crippen LogP contribution in [0.3, 0.4) is 0 Å². The first-order valence-corrected chi connectivity index (χ1v) is 9.18. The van der Waals surface area contributed by atoms with Gasteiger partial charge < -0.3 is 14.6 Å². The first-order chi connectivity index (χ1) is 9.67. The normalized spacial score (nSPS) is 23.5. The van der Waals surface area contributed by atoms with Gasteiger partial charge in [-0.1, -0.05) is 39.9 Å². The number of aliphatic hydroxyl groups is 1. The van der Waals surface area contributed by atoms with Crippen molar-refractivity contribution in [1.29, 1.82) is 0 Å². The van der Waals surface area contributed by atoms with Gasteiger partial charge in [0.1, 0.15) is 0 Å². The summed E-state index contributed by atoms with van der Waals surface area (Å²) in [4.78, 5) is 0. The van der Waals surface area contributed by atoms with E-state index in [4.69, 9.17) is 21.7 Å². The lowest BCUT2D eigenvalue weighted by atomic mass is 9.92. The van der Waals surface area contributed by atoms with E-state index in [9.17, 15) is 5.11 Å². The molecule has 1 rings (SSSR count). The van der Waals surface area contributed by atoms with Gasteiger partial charge in [0.25, 0.3) is 0 Å². The molecule has 0 aliphatic carbocycles. The molecule has 0 unspecified atom stereocenters. The average Bonchev–Trinajstić information content (AvgIpc) is 2.40. The Labute approximate surface area is 139 Å². The van der Waals surface area contributed by atoms with Crippen LogP contribution in [0.4, 0.5) is 0 Å². The molecule has 0 aromatic rings. The summed E-state index contributed by atoms with van der Waals surface area (Å²) in [6.45, 7) is 11.9. The third-order valence-corrected chi connectivity index (χ3v) is 5.23. The van der Waals surface area contributed by atoms with Gasteiger partial charge in [0.2, 0.25) is 0 Å². The molecule has 0 bridgehead atoms. The SMILES string of the molecule is CCSC(=S)C[C@@H](O)[C@H](C)CCC1(C)OCC(C)(C)CO1. The highest BCUT2D eigenvalue weighted by Crippen LogP contribution is 2.33. The van der Waals surface area contributed by atoms with Crippen LogP contribution in [0, 0.1) is 11.3 Å².